The fourth-order valence-electron chi connectivity index (χ4n) is 4.53. The van der Waals surface area contributed by atoms with E-state index >= 15 is 0 Å². The van der Waals surface area contributed by atoms with Gasteiger partial charge in [0.15, 0.2) is 0 Å². The van der Waals surface area contributed by atoms with Crippen LogP contribution in [0.15, 0.2) is 26.4 Å². The lowest BCUT2D eigenvalue weighted by molar-refractivity contribution is -0.121. The fraction of sp³-hybridized carbons (Fsp3) is 0.632. The molecule has 2 fully saturated rings. The predicted molar refractivity (Wildman–Crippen MR) is 98.6 cm³/mol. The molecular formula is C19H25N3O3S. The van der Waals surface area contributed by atoms with Crippen molar-refractivity contribution in [3.05, 3.63) is 18.1 Å². The highest BCUT2D eigenvalue weighted by Gasteiger charge is 2.42. The molecule has 2 heterocycles. The van der Waals surface area contributed by atoms with E-state index in [0.29, 0.717) is 17.0 Å². The summed E-state index contributed by atoms with van der Waals surface area (Å²) in [5.41, 5.74) is 0.784. The van der Waals surface area contributed by atoms with Gasteiger partial charge in [0.25, 0.3) is 11.1 Å². The molecule has 1 amide bonds. The summed E-state index contributed by atoms with van der Waals surface area (Å²) < 4.78 is 10.9. The first-order valence-corrected chi connectivity index (χ1v) is 10.2. The second-order valence-electron chi connectivity index (χ2n) is 7.66. The summed E-state index contributed by atoms with van der Waals surface area (Å²) in [4.78, 5) is 12.6. The SMILES string of the molecule is Cc1occc1-c1nnc(S[C@H](C)C(=O)N[C@@H](C)[C@@H]2C[C@H]3CC[C@H]2C3)o1. The molecule has 7 heteroatoms. The number of fused-ring (bicyclic) bond motifs is 2. The van der Waals surface area contributed by atoms with Gasteiger partial charge >= 0.3 is 0 Å². The number of aryl methyl sites for hydroxylation is 1. The number of nitrogens with one attached hydrogen (secondary N) is 1. The van der Waals surface area contributed by atoms with Crippen LogP contribution < -0.4 is 5.32 Å². The monoisotopic (exact) mass is 375 g/mol. The van der Waals surface area contributed by atoms with Gasteiger partial charge in [-0.15, -0.1) is 10.2 Å². The Morgan fingerprint density at radius 2 is 2.15 bits per heavy atom. The summed E-state index contributed by atoms with van der Waals surface area (Å²) in [7, 11) is 0. The van der Waals surface area contributed by atoms with Gasteiger partial charge in [-0.3, -0.25) is 4.79 Å². The summed E-state index contributed by atoms with van der Waals surface area (Å²) in [6.07, 6.45) is 6.93. The van der Waals surface area contributed by atoms with Crippen molar-refractivity contribution in [2.45, 2.75) is 63.0 Å². The Kier molecular flexibility index (Phi) is 4.82. The number of thioether (sulfide) groups is 1. The van der Waals surface area contributed by atoms with E-state index in [1.807, 2.05) is 13.8 Å². The van der Waals surface area contributed by atoms with Gasteiger partial charge in [0.2, 0.25) is 5.91 Å². The molecule has 2 aromatic heterocycles. The van der Waals surface area contributed by atoms with Crippen molar-refractivity contribution in [2.24, 2.45) is 17.8 Å². The number of rotatable bonds is 6. The van der Waals surface area contributed by atoms with Crippen molar-refractivity contribution in [1.29, 1.82) is 0 Å². The van der Waals surface area contributed by atoms with Crippen LogP contribution in [0.3, 0.4) is 0 Å². The molecule has 2 bridgehead atoms. The zero-order valence-corrected chi connectivity index (χ0v) is 16.2. The molecule has 0 saturated heterocycles. The Morgan fingerprint density at radius 1 is 1.31 bits per heavy atom. The molecule has 26 heavy (non-hydrogen) atoms. The Morgan fingerprint density at radius 3 is 2.81 bits per heavy atom. The first-order chi connectivity index (χ1) is 12.5. The molecule has 2 saturated carbocycles. The minimum absolute atomic E-state index is 0.0320. The molecular weight excluding hydrogens is 350 g/mol. The molecule has 2 aromatic rings. The summed E-state index contributed by atoms with van der Waals surface area (Å²) in [5, 5.41) is 11.4. The van der Waals surface area contributed by atoms with Crippen molar-refractivity contribution >= 4 is 17.7 Å². The Hall–Kier alpha value is -1.76. The van der Waals surface area contributed by atoms with Gasteiger partial charge in [-0.1, -0.05) is 18.2 Å². The van der Waals surface area contributed by atoms with Gasteiger partial charge in [-0.25, -0.2) is 0 Å². The van der Waals surface area contributed by atoms with E-state index in [2.05, 4.69) is 22.4 Å². The average Bonchev–Trinajstić information content (AvgIpc) is 3.38. The van der Waals surface area contributed by atoms with Crippen molar-refractivity contribution in [1.82, 2.24) is 15.5 Å². The van der Waals surface area contributed by atoms with E-state index in [0.717, 1.165) is 23.2 Å². The third-order valence-corrected chi connectivity index (χ3v) is 6.88. The van der Waals surface area contributed by atoms with Crippen LogP contribution in [0.4, 0.5) is 0 Å². The predicted octanol–water partition coefficient (Wildman–Crippen LogP) is 4.06. The van der Waals surface area contributed by atoms with Crippen LogP contribution in [0.2, 0.25) is 0 Å². The maximum absolute atomic E-state index is 12.6. The maximum Gasteiger partial charge on any atom is 0.277 e. The van der Waals surface area contributed by atoms with Crippen LogP contribution in [0.25, 0.3) is 11.5 Å². The molecule has 4 rings (SSSR count). The lowest BCUT2D eigenvalue weighted by Crippen LogP contribution is -2.43. The molecule has 2 aliphatic carbocycles. The van der Waals surface area contributed by atoms with E-state index < -0.39 is 0 Å². The topological polar surface area (TPSA) is 81.2 Å². The standard InChI is InChI=1S/C19H25N3O3S/c1-10(16-9-13-4-5-14(16)8-13)20-17(23)12(3)26-19-22-21-18(25-19)15-6-7-24-11(15)2/h6-7,10,12-14,16H,4-5,8-9H2,1-3H3,(H,20,23)/t10-,12+,13-,14-,16-/m0/s1. The summed E-state index contributed by atoms with van der Waals surface area (Å²) in [6, 6.07) is 2.03. The molecule has 0 radical (unpaired) electrons. The van der Waals surface area contributed by atoms with E-state index in [-0.39, 0.29) is 17.2 Å². The molecule has 2 aliphatic rings. The van der Waals surface area contributed by atoms with Crippen molar-refractivity contribution < 1.29 is 13.6 Å². The van der Waals surface area contributed by atoms with Gasteiger partial charge in [-0.2, -0.15) is 0 Å². The van der Waals surface area contributed by atoms with E-state index in [1.54, 1.807) is 12.3 Å². The normalized spacial score (nSPS) is 26.8. The van der Waals surface area contributed by atoms with Crippen LogP contribution in [0.5, 0.6) is 0 Å². The molecule has 0 aliphatic heterocycles. The van der Waals surface area contributed by atoms with Gasteiger partial charge < -0.3 is 14.2 Å². The van der Waals surface area contributed by atoms with Gasteiger partial charge in [-0.05, 0) is 63.9 Å². The quantitative estimate of drug-likeness (QED) is 0.767. The molecule has 140 valence electrons. The maximum atomic E-state index is 12.6. The summed E-state index contributed by atoms with van der Waals surface area (Å²) >= 11 is 1.29. The highest BCUT2D eigenvalue weighted by atomic mass is 32.2. The van der Waals surface area contributed by atoms with E-state index in [9.17, 15) is 4.79 Å². The van der Waals surface area contributed by atoms with E-state index in [1.165, 1.54) is 37.4 Å². The summed E-state index contributed by atoms with van der Waals surface area (Å²) in [5.74, 6) is 3.50. The minimum Gasteiger partial charge on any atom is -0.469 e. The van der Waals surface area contributed by atoms with Gasteiger partial charge in [0.05, 0.1) is 17.1 Å². The highest BCUT2D eigenvalue weighted by molar-refractivity contribution is 8.00. The number of carbonyl (C=O) groups excluding carboxylic acids is 1. The first kappa shape index (κ1) is 17.6. The molecule has 0 aromatic carbocycles. The third-order valence-electron chi connectivity index (χ3n) is 5.95. The Balaban J connectivity index is 1.33. The minimum atomic E-state index is -0.283. The number of furan rings is 1. The zero-order chi connectivity index (χ0) is 18.3. The number of nitrogens with zero attached hydrogens (tertiary/aromatic N) is 2. The first-order valence-electron chi connectivity index (χ1n) is 9.36. The smallest absolute Gasteiger partial charge is 0.277 e. The van der Waals surface area contributed by atoms with E-state index in [4.69, 9.17) is 8.83 Å². The number of carbonyl (C=O) groups is 1. The fourth-order valence-corrected chi connectivity index (χ4v) is 5.23. The molecule has 5 atom stereocenters. The van der Waals surface area contributed by atoms with Crippen LogP contribution in [-0.4, -0.2) is 27.4 Å². The molecule has 0 unspecified atom stereocenters. The average molecular weight is 375 g/mol. The van der Waals surface area contributed by atoms with Crippen LogP contribution in [-0.2, 0) is 4.79 Å². The van der Waals surface area contributed by atoms with Crippen LogP contribution >= 0.6 is 11.8 Å². The summed E-state index contributed by atoms with van der Waals surface area (Å²) in [6.45, 7) is 5.87. The lowest BCUT2D eigenvalue weighted by Gasteiger charge is -2.29. The molecule has 0 spiro atoms. The number of aromatic nitrogens is 2. The Labute approximate surface area is 157 Å². The number of amides is 1. The third kappa shape index (κ3) is 3.41. The Bertz CT molecular complexity index is 787. The zero-order valence-electron chi connectivity index (χ0n) is 15.4. The number of hydrogen-bond acceptors (Lipinski definition) is 6. The van der Waals surface area contributed by atoms with Crippen LogP contribution in [0.1, 0.15) is 45.3 Å². The second kappa shape index (κ2) is 7.10. The molecule has 6 nitrogen and oxygen atoms in total. The molecule has 1 N–H and O–H groups in total. The largest absolute Gasteiger partial charge is 0.469 e. The van der Waals surface area contributed by atoms with Gasteiger partial charge in [0.1, 0.15) is 5.76 Å². The second-order valence-corrected chi connectivity index (χ2v) is 8.95. The van der Waals surface area contributed by atoms with Gasteiger partial charge in [0, 0.05) is 6.04 Å². The highest BCUT2D eigenvalue weighted by Crippen LogP contribution is 2.49. The van der Waals surface area contributed by atoms with Crippen molar-refractivity contribution in [3.8, 4) is 11.5 Å². The van der Waals surface area contributed by atoms with Crippen LogP contribution in [0, 0.1) is 24.7 Å². The van der Waals surface area contributed by atoms with Crippen molar-refractivity contribution in [2.75, 3.05) is 0 Å². The van der Waals surface area contributed by atoms with Crippen molar-refractivity contribution in [3.63, 3.8) is 0 Å². The number of hydrogen-bond donors (Lipinski definition) is 1. The lowest BCUT2D eigenvalue weighted by atomic mass is 9.84.